The van der Waals surface area contributed by atoms with Gasteiger partial charge >= 0.3 is 0 Å². The summed E-state index contributed by atoms with van der Waals surface area (Å²) in [5.41, 5.74) is 0.795. The van der Waals surface area contributed by atoms with Crippen LogP contribution in [-0.4, -0.2) is 43.6 Å². The topological polar surface area (TPSA) is 65.9 Å². The van der Waals surface area contributed by atoms with Gasteiger partial charge in [0.05, 0.1) is 19.8 Å². The normalized spacial score (nSPS) is 12.0. The van der Waals surface area contributed by atoms with E-state index in [-0.39, 0.29) is 30.5 Å². The lowest BCUT2D eigenvalue weighted by Crippen LogP contribution is -2.38. The first kappa shape index (κ1) is 23.6. The maximum Gasteiger partial charge on any atom is 0.191 e. The van der Waals surface area contributed by atoms with E-state index in [1.807, 2.05) is 49.4 Å². The minimum atomic E-state index is -0.667. The lowest BCUT2D eigenvalue weighted by Gasteiger charge is -2.14. The molecule has 0 aromatic heterocycles. The summed E-state index contributed by atoms with van der Waals surface area (Å²) in [7, 11) is 1.62. The van der Waals surface area contributed by atoms with Gasteiger partial charge in [-0.25, -0.2) is 0 Å². The summed E-state index contributed by atoms with van der Waals surface area (Å²) >= 11 is 1.80. The Morgan fingerprint density at radius 1 is 1.15 bits per heavy atom. The van der Waals surface area contributed by atoms with Gasteiger partial charge < -0.3 is 20.5 Å². The highest BCUT2D eigenvalue weighted by Gasteiger charge is 2.08. The third kappa shape index (κ3) is 8.85. The zero-order chi connectivity index (χ0) is 18.6. The molecule has 5 nitrogen and oxygen atoms in total. The molecule has 0 amide bonds. The van der Waals surface area contributed by atoms with Gasteiger partial charge in [0, 0.05) is 23.7 Å². The maximum absolute atomic E-state index is 10.4. The average molecular weight is 501 g/mol. The van der Waals surface area contributed by atoms with Gasteiger partial charge in [-0.1, -0.05) is 30.3 Å². The molecule has 0 saturated heterocycles. The van der Waals surface area contributed by atoms with Crippen LogP contribution in [-0.2, 0) is 0 Å². The maximum atomic E-state index is 10.4. The Labute approximate surface area is 183 Å². The van der Waals surface area contributed by atoms with Gasteiger partial charge in [0.1, 0.15) is 5.75 Å². The van der Waals surface area contributed by atoms with Gasteiger partial charge in [0.2, 0.25) is 0 Å². The van der Waals surface area contributed by atoms with Crippen molar-refractivity contribution in [2.45, 2.75) is 17.9 Å². The molecule has 1 atom stereocenters. The van der Waals surface area contributed by atoms with Crippen molar-refractivity contribution in [3.8, 4) is 5.75 Å². The molecule has 0 spiro atoms. The van der Waals surface area contributed by atoms with Crippen LogP contribution in [0.1, 0.15) is 18.6 Å². The predicted octanol–water partition coefficient (Wildman–Crippen LogP) is 3.69. The molecule has 0 aliphatic carbocycles. The third-order valence-electron chi connectivity index (χ3n) is 3.65. The van der Waals surface area contributed by atoms with Crippen molar-refractivity contribution in [3.63, 3.8) is 0 Å². The van der Waals surface area contributed by atoms with Gasteiger partial charge in [-0.05, 0) is 36.8 Å². The van der Waals surface area contributed by atoms with Gasteiger partial charge in [0.15, 0.2) is 5.96 Å². The fourth-order valence-corrected chi connectivity index (χ4v) is 3.12. The number of hydrogen-bond acceptors (Lipinski definition) is 4. The second-order valence-corrected chi connectivity index (χ2v) is 6.77. The number of guanidine groups is 1. The SMILES string of the molecule is CCNC(=NCC(O)c1cccc(OC)c1)NCCSc1ccccc1.I. The Bertz CT molecular complexity index is 686. The molecule has 2 rings (SSSR count). The van der Waals surface area contributed by atoms with E-state index in [0.717, 1.165) is 30.2 Å². The van der Waals surface area contributed by atoms with Crippen LogP contribution in [0, 0.1) is 0 Å². The van der Waals surface area contributed by atoms with Crippen molar-refractivity contribution in [2.24, 2.45) is 4.99 Å². The summed E-state index contributed by atoms with van der Waals surface area (Å²) in [6.45, 7) is 3.87. The molecule has 0 aliphatic heterocycles. The molecule has 148 valence electrons. The Hall–Kier alpha value is -1.45. The van der Waals surface area contributed by atoms with E-state index >= 15 is 0 Å². The lowest BCUT2D eigenvalue weighted by molar-refractivity contribution is 0.186. The number of benzene rings is 2. The zero-order valence-corrected chi connectivity index (χ0v) is 18.9. The van der Waals surface area contributed by atoms with Crippen LogP contribution in [0.15, 0.2) is 64.5 Å². The highest BCUT2D eigenvalue weighted by molar-refractivity contribution is 14.0. The number of halogens is 1. The zero-order valence-electron chi connectivity index (χ0n) is 15.7. The van der Waals surface area contributed by atoms with Crippen LogP contribution in [0.25, 0.3) is 0 Å². The van der Waals surface area contributed by atoms with Crippen molar-refractivity contribution >= 4 is 41.7 Å². The first-order valence-corrected chi connectivity index (χ1v) is 9.73. The molecule has 0 bridgehead atoms. The summed E-state index contributed by atoms with van der Waals surface area (Å²) in [5, 5.41) is 16.9. The molecular formula is C20H28IN3O2S. The number of nitrogens with one attached hydrogen (secondary N) is 2. The molecule has 0 heterocycles. The molecule has 3 N–H and O–H groups in total. The van der Waals surface area contributed by atoms with Crippen LogP contribution in [0.5, 0.6) is 5.75 Å². The molecule has 27 heavy (non-hydrogen) atoms. The van der Waals surface area contributed by atoms with E-state index in [1.165, 1.54) is 4.90 Å². The minimum Gasteiger partial charge on any atom is -0.497 e. The van der Waals surface area contributed by atoms with Crippen LogP contribution in [0.4, 0.5) is 0 Å². The Balaban J connectivity index is 0.00000364. The van der Waals surface area contributed by atoms with E-state index in [9.17, 15) is 5.11 Å². The minimum absolute atomic E-state index is 0. The molecular weight excluding hydrogens is 473 g/mol. The summed E-state index contributed by atoms with van der Waals surface area (Å²) in [5.74, 6) is 2.38. The number of aliphatic hydroxyl groups excluding tert-OH is 1. The fourth-order valence-electron chi connectivity index (χ4n) is 2.33. The predicted molar refractivity (Wildman–Crippen MR) is 125 cm³/mol. The van der Waals surface area contributed by atoms with Crippen molar-refractivity contribution in [3.05, 3.63) is 60.2 Å². The van der Waals surface area contributed by atoms with Crippen LogP contribution in [0.3, 0.4) is 0 Å². The number of thioether (sulfide) groups is 1. The van der Waals surface area contributed by atoms with Gasteiger partial charge in [-0.2, -0.15) is 0 Å². The number of hydrogen-bond donors (Lipinski definition) is 3. The van der Waals surface area contributed by atoms with Gasteiger partial charge in [-0.15, -0.1) is 35.7 Å². The van der Waals surface area contributed by atoms with Gasteiger partial charge in [0.25, 0.3) is 0 Å². The largest absolute Gasteiger partial charge is 0.497 e. The van der Waals surface area contributed by atoms with E-state index in [1.54, 1.807) is 18.9 Å². The van der Waals surface area contributed by atoms with Crippen molar-refractivity contribution in [1.82, 2.24) is 10.6 Å². The van der Waals surface area contributed by atoms with Crippen LogP contribution < -0.4 is 15.4 Å². The Morgan fingerprint density at radius 3 is 2.63 bits per heavy atom. The Morgan fingerprint density at radius 2 is 1.93 bits per heavy atom. The van der Waals surface area contributed by atoms with Crippen molar-refractivity contribution in [2.75, 3.05) is 32.5 Å². The number of methoxy groups -OCH3 is 1. The van der Waals surface area contributed by atoms with Crippen LogP contribution in [0.2, 0.25) is 0 Å². The highest BCUT2D eigenvalue weighted by Crippen LogP contribution is 2.19. The smallest absolute Gasteiger partial charge is 0.191 e. The number of aliphatic imine (C=N–C) groups is 1. The molecule has 0 fully saturated rings. The molecule has 0 radical (unpaired) electrons. The van der Waals surface area contributed by atoms with E-state index < -0.39 is 6.10 Å². The van der Waals surface area contributed by atoms with Crippen LogP contribution >= 0.6 is 35.7 Å². The monoisotopic (exact) mass is 501 g/mol. The third-order valence-corrected chi connectivity index (χ3v) is 4.67. The number of rotatable bonds is 9. The molecule has 2 aromatic carbocycles. The first-order valence-electron chi connectivity index (χ1n) is 8.75. The number of ether oxygens (including phenoxy) is 1. The molecule has 0 saturated carbocycles. The number of aliphatic hydroxyl groups is 1. The molecule has 0 aliphatic rings. The van der Waals surface area contributed by atoms with E-state index in [4.69, 9.17) is 4.74 Å². The van der Waals surface area contributed by atoms with E-state index in [2.05, 4.69) is 27.8 Å². The Kier molecular flexibility index (Phi) is 12.0. The van der Waals surface area contributed by atoms with Crippen molar-refractivity contribution in [1.29, 1.82) is 0 Å². The average Bonchev–Trinajstić information content (AvgIpc) is 2.69. The molecule has 7 heteroatoms. The molecule has 2 aromatic rings. The quantitative estimate of drug-likeness (QED) is 0.161. The lowest BCUT2D eigenvalue weighted by atomic mass is 10.1. The molecule has 1 unspecified atom stereocenters. The second kappa shape index (κ2) is 13.7. The number of nitrogens with zero attached hydrogens (tertiary/aromatic N) is 1. The summed E-state index contributed by atoms with van der Waals surface area (Å²) in [6.07, 6.45) is -0.667. The first-order chi connectivity index (χ1) is 12.7. The van der Waals surface area contributed by atoms with Crippen molar-refractivity contribution < 1.29 is 9.84 Å². The highest BCUT2D eigenvalue weighted by atomic mass is 127. The van der Waals surface area contributed by atoms with Gasteiger partial charge in [-0.3, -0.25) is 4.99 Å². The standard InChI is InChI=1S/C20H27N3O2S.HI/c1-3-21-20(22-12-13-26-18-10-5-4-6-11-18)23-15-19(24)16-8-7-9-17(14-16)25-2;/h4-11,14,19,24H,3,12-13,15H2,1-2H3,(H2,21,22,23);1H. The summed E-state index contributed by atoms with van der Waals surface area (Å²) < 4.78 is 5.20. The van der Waals surface area contributed by atoms with E-state index in [0.29, 0.717) is 5.96 Å². The fraction of sp³-hybridized carbons (Fsp3) is 0.350. The summed E-state index contributed by atoms with van der Waals surface area (Å²) in [4.78, 5) is 5.74. The second-order valence-electron chi connectivity index (χ2n) is 5.60. The summed E-state index contributed by atoms with van der Waals surface area (Å²) in [6, 6.07) is 17.7.